The third-order valence-corrected chi connectivity index (χ3v) is 2.24. The Labute approximate surface area is 83.6 Å². The number of carbonyl (C=O) groups excluding carboxylic acids is 1. The summed E-state index contributed by atoms with van der Waals surface area (Å²) in [6.07, 6.45) is 1.12. The van der Waals surface area contributed by atoms with Crippen molar-refractivity contribution in [3.8, 4) is 11.8 Å². The molecule has 0 unspecified atom stereocenters. The fourth-order valence-corrected chi connectivity index (χ4v) is 1.33. The largest absolute Gasteiger partial charge is 0.388 e. The Morgan fingerprint density at radius 2 is 2.21 bits per heavy atom. The zero-order valence-corrected chi connectivity index (χ0v) is 8.30. The first-order valence-electron chi connectivity index (χ1n) is 4.67. The molecule has 0 aromatic heterocycles. The summed E-state index contributed by atoms with van der Waals surface area (Å²) >= 11 is 0. The van der Waals surface area contributed by atoms with E-state index in [-0.39, 0.29) is 12.5 Å². The maximum Gasteiger partial charge on any atom is 0.295 e. The lowest BCUT2D eigenvalue weighted by molar-refractivity contribution is -0.118. The second-order valence-corrected chi connectivity index (χ2v) is 3.39. The summed E-state index contributed by atoms with van der Waals surface area (Å²) in [6, 6.07) is 0. The third-order valence-electron chi connectivity index (χ3n) is 2.24. The second kappa shape index (κ2) is 4.99. The van der Waals surface area contributed by atoms with Crippen LogP contribution in [-0.2, 0) is 9.53 Å². The van der Waals surface area contributed by atoms with Gasteiger partial charge in [-0.3, -0.25) is 4.79 Å². The first kappa shape index (κ1) is 11.0. The highest BCUT2D eigenvalue weighted by atomic mass is 16.5. The van der Waals surface area contributed by atoms with Crippen LogP contribution in [0.1, 0.15) is 19.8 Å². The van der Waals surface area contributed by atoms with Crippen molar-refractivity contribution in [2.75, 3.05) is 19.8 Å². The lowest BCUT2D eigenvalue weighted by Crippen LogP contribution is -2.46. The van der Waals surface area contributed by atoms with Crippen LogP contribution >= 0.6 is 0 Å². The third kappa shape index (κ3) is 3.36. The lowest BCUT2D eigenvalue weighted by atomic mass is 9.94. The smallest absolute Gasteiger partial charge is 0.295 e. The molecule has 1 saturated heterocycles. The Balaban J connectivity index is 2.34. The van der Waals surface area contributed by atoms with Gasteiger partial charge in [-0.05, 0) is 12.8 Å². The highest BCUT2D eigenvalue weighted by Gasteiger charge is 2.29. The van der Waals surface area contributed by atoms with Crippen LogP contribution in [-0.4, -0.2) is 36.4 Å². The minimum atomic E-state index is -0.816. The number of amides is 1. The van der Waals surface area contributed by atoms with Crippen molar-refractivity contribution in [1.82, 2.24) is 5.32 Å². The molecule has 1 heterocycles. The molecule has 4 nitrogen and oxygen atoms in total. The fraction of sp³-hybridized carbons (Fsp3) is 0.700. The summed E-state index contributed by atoms with van der Waals surface area (Å²) < 4.78 is 5.12. The predicted molar refractivity (Wildman–Crippen MR) is 51.5 cm³/mol. The van der Waals surface area contributed by atoms with E-state index in [1.807, 2.05) is 0 Å². The molecule has 1 amide bonds. The molecule has 1 aliphatic heterocycles. The normalized spacial score (nSPS) is 19.3. The molecular weight excluding hydrogens is 182 g/mol. The lowest BCUT2D eigenvalue weighted by Gasteiger charge is -2.31. The Morgan fingerprint density at radius 3 is 2.79 bits per heavy atom. The average molecular weight is 197 g/mol. The van der Waals surface area contributed by atoms with Crippen molar-refractivity contribution in [2.24, 2.45) is 0 Å². The van der Waals surface area contributed by atoms with Crippen molar-refractivity contribution in [2.45, 2.75) is 25.4 Å². The van der Waals surface area contributed by atoms with Crippen LogP contribution in [0.4, 0.5) is 0 Å². The maximum absolute atomic E-state index is 11.0. The Bertz CT molecular complexity index is 258. The van der Waals surface area contributed by atoms with Gasteiger partial charge in [-0.25, -0.2) is 0 Å². The monoisotopic (exact) mass is 197 g/mol. The van der Waals surface area contributed by atoms with E-state index in [1.54, 1.807) is 6.92 Å². The molecule has 0 bridgehead atoms. The van der Waals surface area contributed by atoms with Gasteiger partial charge >= 0.3 is 0 Å². The zero-order valence-electron chi connectivity index (χ0n) is 8.30. The fourth-order valence-electron chi connectivity index (χ4n) is 1.33. The quantitative estimate of drug-likeness (QED) is 0.596. The average Bonchev–Trinajstić information content (AvgIpc) is 2.17. The van der Waals surface area contributed by atoms with Gasteiger partial charge in [-0.2, -0.15) is 0 Å². The van der Waals surface area contributed by atoms with Crippen LogP contribution < -0.4 is 5.32 Å². The van der Waals surface area contributed by atoms with Gasteiger partial charge in [-0.15, -0.1) is 0 Å². The molecule has 0 atom stereocenters. The molecule has 0 saturated carbocycles. The zero-order chi connectivity index (χ0) is 10.4. The van der Waals surface area contributed by atoms with Gasteiger partial charge < -0.3 is 15.2 Å². The Morgan fingerprint density at radius 1 is 1.57 bits per heavy atom. The maximum atomic E-state index is 11.0. The number of hydrogen-bond donors (Lipinski definition) is 2. The minimum absolute atomic E-state index is 0.254. The van der Waals surface area contributed by atoms with Gasteiger partial charge in [0.1, 0.15) is 0 Å². The van der Waals surface area contributed by atoms with E-state index in [1.165, 1.54) is 0 Å². The van der Waals surface area contributed by atoms with E-state index in [0.717, 1.165) is 0 Å². The summed E-state index contributed by atoms with van der Waals surface area (Å²) in [5.41, 5.74) is -0.816. The standard InChI is InChI=1S/C10H15NO3/c1-2-3-9(12)11-8-10(13)4-6-14-7-5-10/h13H,4-8H2,1H3,(H,11,12). The molecule has 4 heteroatoms. The van der Waals surface area contributed by atoms with Crippen LogP contribution in [0.15, 0.2) is 0 Å². The van der Waals surface area contributed by atoms with Gasteiger partial charge in [0.25, 0.3) is 5.91 Å². The Hall–Kier alpha value is -1.05. The van der Waals surface area contributed by atoms with Crippen LogP contribution in [0, 0.1) is 11.8 Å². The molecule has 1 aliphatic rings. The molecule has 1 rings (SSSR count). The molecule has 0 aliphatic carbocycles. The van der Waals surface area contributed by atoms with Gasteiger partial charge in [0.05, 0.1) is 5.60 Å². The van der Waals surface area contributed by atoms with Gasteiger partial charge in [0.15, 0.2) is 0 Å². The Kier molecular flexibility index (Phi) is 3.93. The van der Waals surface area contributed by atoms with Crippen molar-refractivity contribution < 1.29 is 14.6 Å². The molecule has 2 N–H and O–H groups in total. The number of rotatable bonds is 2. The number of aliphatic hydroxyl groups is 1. The van der Waals surface area contributed by atoms with Crippen molar-refractivity contribution in [3.63, 3.8) is 0 Å². The summed E-state index contributed by atoms with van der Waals surface area (Å²) in [5.74, 6) is 4.52. The van der Waals surface area contributed by atoms with Gasteiger partial charge in [0.2, 0.25) is 0 Å². The molecule has 14 heavy (non-hydrogen) atoms. The molecular formula is C10H15NO3. The van der Waals surface area contributed by atoms with Crippen molar-refractivity contribution in [1.29, 1.82) is 0 Å². The number of ether oxygens (including phenoxy) is 1. The van der Waals surface area contributed by atoms with E-state index in [2.05, 4.69) is 17.2 Å². The number of hydrogen-bond acceptors (Lipinski definition) is 3. The molecule has 1 fully saturated rings. The van der Waals surface area contributed by atoms with E-state index >= 15 is 0 Å². The summed E-state index contributed by atoms with van der Waals surface area (Å²) in [7, 11) is 0. The molecule has 78 valence electrons. The van der Waals surface area contributed by atoms with Crippen molar-refractivity contribution >= 4 is 5.91 Å². The second-order valence-electron chi connectivity index (χ2n) is 3.39. The first-order chi connectivity index (χ1) is 6.66. The predicted octanol–water partition coefficient (Wildman–Crippen LogP) is -0.333. The molecule has 0 radical (unpaired) electrons. The summed E-state index contributed by atoms with van der Waals surface area (Å²) in [6.45, 7) is 2.95. The number of nitrogens with one attached hydrogen (secondary N) is 1. The molecule has 0 aromatic rings. The number of carbonyl (C=O) groups is 1. The van der Waals surface area contributed by atoms with Gasteiger partial charge in [0, 0.05) is 32.6 Å². The van der Waals surface area contributed by atoms with Gasteiger partial charge in [-0.1, -0.05) is 5.92 Å². The molecule has 0 aromatic carbocycles. The molecule has 0 spiro atoms. The van der Waals surface area contributed by atoms with Crippen LogP contribution in [0.5, 0.6) is 0 Å². The highest BCUT2D eigenvalue weighted by Crippen LogP contribution is 2.18. The first-order valence-corrected chi connectivity index (χ1v) is 4.67. The van der Waals surface area contributed by atoms with Crippen LogP contribution in [0.3, 0.4) is 0 Å². The van der Waals surface area contributed by atoms with Crippen molar-refractivity contribution in [3.05, 3.63) is 0 Å². The van der Waals surface area contributed by atoms with E-state index < -0.39 is 5.60 Å². The van der Waals surface area contributed by atoms with E-state index in [4.69, 9.17) is 4.74 Å². The van der Waals surface area contributed by atoms with Crippen LogP contribution in [0.2, 0.25) is 0 Å². The highest BCUT2D eigenvalue weighted by molar-refractivity contribution is 5.93. The minimum Gasteiger partial charge on any atom is -0.388 e. The topological polar surface area (TPSA) is 58.6 Å². The van der Waals surface area contributed by atoms with E-state index in [0.29, 0.717) is 26.1 Å². The van der Waals surface area contributed by atoms with E-state index in [9.17, 15) is 9.90 Å². The SMILES string of the molecule is CC#CC(=O)NCC1(O)CCOCC1. The summed E-state index contributed by atoms with van der Waals surface area (Å²) in [4.78, 5) is 11.0. The van der Waals surface area contributed by atoms with Crippen LogP contribution in [0.25, 0.3) is 0 Å². The summed E-state index contributed by atoms with van der Waals surface area (Å²) in [5, 5.41) is 12.5.